The van der Waals surface area contributed by atoms with Crippen LogP contribution in [0.15, 0.2) is 18.2 Å². The van der Waals surface area contributed by atoms with E-state index >= 15 is 0 Å². The third-order valence-electron chi connectivity index (χ3n) is 2.02. The van der Waals surface area contributed by atoms with Gasteiger partial charge in [-0.1, -0.05) is 12.8 Å². The number of hydrogen-bond acceptors (Lipinski definition) is 4. The zero-order valence-electron chi connectivity index (χ0n) is 9.35. The Morgan fingerprint density at radius 2 is 2.06 bits per heavy atom. The SMILES string of the molecule is CNC(=O)N(S)c1ccc(OC)cc1OC. The van der Waals surface area contributed by atoms with Crippen molar-refractivity contribution < 1.29 is 14.3 Å². The largest absolute Gasteiger partial charge is 0.497 e. The number of carbonyl (C=O) groups excluding carboxylic acids is 1. The molecule has 0 saturated carbocycles. The van der Waals surface area contributed by atoms with Gasteiger partial charge < -0.3 is 14.8 Å². The van der Waals surface area contributed by atoms with E-state index in [2.05, 4.69) is 18.1 Å². The van der Waals surface area contributed by atoms with Gasteiger partial charge in [0.2, 0.25) is 0 Å². The Kier molecular flexibility index (Phi) is 4.30. The summed E-state index contributed by atoms with van der Waals surface area (Å²) in [5, 5.41) is 2.47. The van der Waals surface area contributed by atoms with Crippen molar-refractivity contribution in [2.24, 2.45) is 0 Å². The van der Waals surface area contributed by atoms with E-state index in [9.17, 15) is 4.79 Å². The van der Waals surface area contributed by atoms with Crippen LogP contribution >= 0.6 is 12.8 Å². The van der Waals surface area contributed by atoms with Crippen molar-refractivity contribution in [3.05, 3.63) is 18.2 Å². The van der Waals surface area contributed by atoms with Gasteiger partial charge in [0, 0.05) is 13.1 Å². The summed E-state index contributed by atoms with van der Waals surface area (Å²) in [5.41, 5.74) is 0.547. The molecular formula is C10H14N2O3S. The van der Waals surface area contributed by atoms with E-state index in [1.807, 2.05) is 0 Å². The van der Waals surface area contributed by atoms with Crippen molar-refractivity contribution in [1.29, 1.82) is 0 Å². The van der Waals surface area contributed by atoms with Gasteiger partial charge in [-0.2, -0.15) is 0 Å². The monoisotopic (exact) mass is 242 g/mol. The average Bonchev–Trinajstić information content (AvgIpc) is 2.35. The summed E-state index contributed by atoms with van der Waals surface area (Å²) in [4.78, 5) is 11.4. The quantitative estimate of drug-likeness (QED) is 0.793. The van der Waals surface area contributed by atoms with E-state index in [-0.39, 0.29) is 6.03 Å². The fourth-order valence-corrected chi connectivity index (χ4v) is 1.44. The predicted octanol–water partition coefficient (Wildman–Crippen LogP) is 1.69. The first kappa shape index (κ1) is 12.5. The molecule has 0 aliphatic carbocycles. The molecule has 6 heteroatoms. The maximum absolute atomic E-state index is 11.4. The molecule has 1 aromatic carbocycles. The number of hydrogen-bond donors (Lipinski definition) is 2. The Bertz CT molecular complexity index is 384. The molecule has 1 aromatic rings. The second kappa shape index (κ2) is 5.50. The van der Waals surface area contributed by atoms with Crippen LogP contribution in [0.4, 0.5) is 10.5 Å². The molecule has 1 N–H and O–H groups in total. The van der Waals surface area contributed by atoms with E-state index in [0.29, 0.717) is 17.2 Å². The van der Waals surface area contributed by atoms with Crippen molar-refractivity contribution >= 4 is 24.5 Å². The average molecular weight is 242 g/mol. The van der Waals surface area contributed by atoms with Crippen LogP contribution in [0.5, 0.6) is 11.5 Å². The molecule has 0 bridgehead atoms. The van der Waals surface area contributed by atoms with Crippen LogP contribution in [0.2, 0.25) is 0 Å². The lowest BCUT2D eigenvalue weighted by molar-refractivity contribution is 0.251. The van der Waals surface area contributed by atoms with Gasteiger partial charge >= 0.3 is 6.03 Å². The van der Waals surface area contributed by atoms with Gasteiger partial charge in [0.1, 0.15) is 11.5 Å². The zero-order chi connectivity index (χ0) is 12.1. The Hall–Kier alpha value is -1.56. The van der Waals surface area contributed by atoms with Crippen LogP contribution < -0.4 is 19.1 Å². The number of urea groups is 1. The minimum Gasteiger partial charge on any atom is -0.497 e. The van der Waals surface area contributed by atoms with Gasteiger partial charge in [0.15, 0.2) is 0 Å². The van der Waals surface area contributed by atoms with Crippen LogP contribution in [-0.4, -0.2) is 27.3 Å². The third kappa shape index (κ3) is 2.52. The highest BCUT2D eigenvalue weighted by Gasteiger charge is 2.15. The van der Waals surface area contributed by atoms with E-state index < -0.39 is 0 Å². The minimum absolute atomic E-state index is 0.341. The maximum Gasteiger partial charge on any atom is 0.331 e. The standard InChI is InChI=1S/C10H14N2O3S/c1-11-10(13)12(16)8-5-4-7(14-2)6-9(8)15-3/h4-6,16H,1-3H3,(H,11,13). The van der Waals surface area contributed by atoms with Gasteiger partial charge in [-0.25, -0.2) is 9.10 Å². The molecule has 0 aromatic heterocycles. The summed E-state index contributed by atoms with van der Waals surface area (Å²) < 4.78 is 11.4. The topological polar surface area (TPSA) is 50.8 Å². The van der Waals surface area contributed by atoms with Crippen LogP contribution in [-0.2, 0) is 0 Å². The van der Waals surface area contributed by atoms with E-state index in [4.69, 9.17) is 9.47 Å². The Labute approximate surface area is 99.9 Å². The van der Waals surface area contributed by atoms with Gasteiger partial charge in [-0.05, 0) is 12.1 Å². The van der Waals surface area contributed by atoms with Crippen LogP contribution in [0.25, 0.3) is 0 Å². The number of nitrogens with zero attached hydrogens (tertiary/aromatic N) is 1. The van der Waals surface area contributed by atoms with E-state index in [1.54, 1.807) is 25.3 Å². The smallest absolute Gasteiger partial charge is 0.331 e. The molecule has 0 fully saturated rings. The fraction of sp³-hybridized carbons (Fsp3) is 0.300. The highest BCUT2D eigenvalue weighted by atomic mass is 32.1. The summed E-state index contributed by atoms with van der Waals surface area (Å²) in [6, 6.07) is 4.76. The molecule has 0 heterocycles. The molecule has 0 unspecified atom stereocenters. The maximum atomic E-state index is 11.4. The minimum atomic E-state index is -0.341. The van der Waals surface area contributed by atoms with Crippen molar-refractivity contribution in [1.82, 2.24) is 5.32 Å². The van der Waals surface area contributed by atoms with Crippen LogP contribution in [0.3, 0.4) is 0 Å². The highest BCUT2D eigenvalue weighted by molar-refractivity contribution is 7.82. The number of nitrogens with one attached hydrogen (secondary N) is 1. The molecule has 16 heavy (non-hydrogen) atoms. The molecule has 0 atom stereocenters. The van der Waals surface area contributed by atoms with Gasteiger partial charge in [-0.15, -0.1) is 0 Å². The lowest BCUT2D eigenvalue weighted by atomic mass is 10.2. The first-order valence-corrected chi connectivity index (χ1v) is 4.96. The number of anilines is 1. The van der Waals surface area contributed by atoms with Crippen LogP contribution in [0, 0.1) is 0 Å². The molecular weight excluding hydrogens is 228 g/mol. The summed E-state index contributed by atoms with van der Waals surface area (Å²) in [6.07, 6.45) is 0. The van der Waals surface area contributed by atoms with Crippen molar-refractivity contribution in [3.8, 4) is 11.5 Å². The number of thiol groups is 1. The molecule has 0 aliphatic heterocycles. The van der Waals surface area contributed by atoms with E-state index in [1.165, 1.54) is 14.2 Å². The van der Waals surface area contributed by atoms with Crippen molar-refractivity contribution in [2.75, 3.05) is 25.6 Å². The third-order valence-corrected chi connectivity index (χ3v) is 2.42. The normalized spacial score (nSPS) is 9.50. The number of rotatable bonds is 3. The highest BCUT2D eigenvalue weighted by Crippen LogP contribution is 2.32. The summed E-state index contributed by atoms with van der Waals surface area (Å²) >= 11 is 4.08. The molecule has 0 radical (unpaired) electrons. The Balaban J connectivity index is 3.08. The number of methoxy groups -OCH3 is 2. The fourth-order valence-electron chi connectivity index (χ4n) is 1.18. The number of carbonyl (C=O) groups is 1. The Morgan fingerprint density at radius 3 is 2.56 bits per heavy atom. The summed E-state index contributed by atoms with van der Waals surface area (Å²) in [5.74, 6) is 1.16. The number of benzene rings is 1. The summed E-state index contributed by atoms with van der Waals surface area (Å²) in [6.45, 7) is 0. The molecule has 0 saturated heterocycles. The second-order valence-corrected chi connectivity index (χ2v) is 3.30. The lowest BCUT2D eigenvalue weighted by Crippen LogP contribution is -2.31. The first-order valence-electron chi connectivity index (χ1n) is 4.56. The molecule has 2 amide bonds. The molecule has 5 nitrogen and oxygen atoms in total. The molecule has 1 rings (SSSR count). The van der Waals surface area contributed by atoms with Crippen molar-refractivity contribution in [2.45, 2.75) is 0 Å². The van der Waals surface area contributed by atoms with Gasteiger partial charge in [-0.3, -0.25) is 0 Å². The van der Waals surface area contributed by atoms with Gasteiger partial charge in [0.25, 0.3) is 0 Å². The molecule has 88 valence electrons. The van der Waals surface area contributed by atoms with Crippen LogP contribution in [0.1, 0.15) is 0 Å². The predicted molar refractivity (Wildman–Crippen MR) is 65.5 cm³/mol. The van der Waals surface area contributed by atoms with Gasteiger partial charge in [0.05, 0.1) is 19.9 Å². The van der Waals surface area contributed by atoms with Crippen molar-refractivity contribution in [3.63, 3.8) is 0 Å². The number of amides is 2. The zero-order valence-corrected chi connectivity index (χ0v) is 10.2. The molecule has 0 spiro atoms. The first-order chi connectivity index (χ1) is 7.63. The second-order valence-electron chi connectivity index (χ2n) is 2.90. The lowest BCUT2D eigenvalue weighted by Gasteiger charge is -2.18. The summed E-state index contributed by atoms with van der Waals surface area (Å²) in [7, 11) is 4.61. The van der Waals surface area contributed by atoms with E-state index in [0.717, 1.165) is 4.31 Å². The Morgan fingerprint density at radius 1 is 1.38 bits per heavy atom. The number of ether oxygens (including phenoxy) is 2. The molecule has 0 aliphatic rings.